The molecule has 0 saturated carbocycles. The van der Waals surface area contributed by atoms with Crippen molar-refractivity contribution >= 4 is 11.8 Å². The van der Waals surface area contributed by atoms with Crippen LogP contribution in [0.1, 0.15) is 39.3 Å². The molecule has 1 saturated heterocycles. The Morgan fingerprint density at radius 3 is 2.72 bits per heavy atom. The molecule has 0 bridgehead atoms. The van der Waals surface area contributed by atoms with Gasteiger partial charge in [-0.3, -0.25) is 14.6 Å². The molecule has 0 atom stereocenters. The van der Waals surface area contributed by atoms with Crippen molar-refractivity contribution in [3.63, 3.8) is 0 Å². The summed E-state index contributed by atoms with van der Waals surface area (Å²) in [5, 5.41) is 2.79. The van der Waals surface area contributed by atoms with Gasteiger partial charge in [0, 0.05) is 36.8 Å². The number of hydrogen-bond acceptors (Lipinski definition) is 5. The SMILES string of the molecule is NC1CCN(C(=O)c2cnc(-c3ccc4c(c3)C(=O)NC4)cn2)CC1. The second-order valence-electron chi connectivity index (χ2n) is 6.47. The normalized spacial score (nSPS) is 17.3. The van der Waals surface area contributed by atoms with E-state index in [1.165, 1.54) is 6.20 Å². The molecule has 7 heteroatoms. The zero-order valence-electron chi connectivity index (χ0n) is 13.7. The fourth-order valence-electron chi connectivity index (χ4n) is 3.22. The van der Waals surface area contributed by atoms with Crippen LogP contribution in [0.3, 0.4) is 0 Å². The Morgan fingerprint density at radius 2 is 2.00 bits per heavy atom. The van der Waals surface area contributed by atoms with Crippen LogP contribution in [-0.4, -0.2) is 45.8 Å². The summed E-state index contributed by atoms with van der Waals surface area (Å²) in [6.45, 7) is 1.87. The van der Waals surface area contributed by atoms with Crippen molar-refractivity contribution in [2.75, 3.05) is 13.1 Å². The van der Waals surface area contributed by atoms with Gasteiger partial charge in [-0.1, -0.05) is 12.1 Å². The number of nitrogens with two attached hydrogens (primary N) is 1. The summed E-state index contributed by atoms with van der Waals surface area (Å²) in [5.74, 6) is -0.181. The average Bonchev–Trinajstić information content (AvgIpc) is 3.02. The zero-order valence-corrected chi connectivity index (χ0v) is 13.7. The Kier molecular flexibility index (Phi) is 3.93. The maximum atomic E-state index is 12.5. The highest BCUT2D eigenvalue weighted by Gasteiger charge is 2.23. The van der Waals surface area contributed by atoms with Gasteiger partial charge in [0.25, 0.3) is 11.8 Å². The van der Waals surface area contributed by atoms with Crippen molar-refractivity contribution in [1.29, 1.82) is 0 Å². The first-order valence-electron chi connectivity index (χ1n) is 8.40. The molecular formula is C18H19N5O2. The largest absolute Gasteiger partial charge is 0.348 e. The minimum Gasteiger partial charge on any atom is -0.348 e. The first-order chi connectivity index (χ1) is 12.1. The number of amides is 2. The minimum absolute atomic E-state index is 0.0695. The molecule has 3 heterocycles. The minimum atomic E-state index is -0.112. The Balaban J connectivity index is 1.53. The van der Waals surface area contributed by atoms with Crippen LogP contribution in [0.2, 0.25) is 0 Å². The van der Waals surface area contributed by atoms with E-state index in [4.69, 9.17) is 5.73 Å². The highest BCUT2D eigenvalue weighted by atomic mass is 16.2. The molecule has 2 amide bonds. The van der Waals surface area contributed by atoms with Crippen LogP contribution in [0.15, 0.2) is 30.6 Å². The van der Waals surface area contributed by atoms with E-state index in [-0.39, 0.29) is 17.9 Å². The summed E-state index contributed by atoms with van der Waals surface area (Å²) in [7, 11) is 0. The van der Waals surface area contributed by atoms with Crippen molar-refractivity contribution < 1.29 is 9.59 Å². The van der Waals surface area contributed by atoms with Gasteiger partial charge in [-0.15, -0.1) is 0 Å². The first kappa shape index (κ1) is 15.7. The van der Waals surface area contributed by atoms with Gasteiger partial charge >= 0.3 is 0 Å². The predicted molar refractivity (Wildman–Crippen MR) is 91.8 cm³/mol. The molecule has 0 radical (unpaired) electrons. The molecule has 1 aromatic heterocycles. The van der Waals surface area contributed by atoms with E-state index in [1.807, 2.05) is 18.2 Å². The second-order valence-corrected chi connectivity index (χ2v) is 6.47. The number of fused-ring (bicyclic) bond motifs is 1. The lowest BCUT2D eigenvalue weighted by Crippen LogP contribution is -2.43. The van der Waals surface area contributed by atoms with Crippen LogP contribution in [0.25, 0.3) is 11.3 Å². The zero-order chi connectivity index (χ0) is 17.4. The highest BCUT2D eigenvalue weighted by molar-refractivity contribution is 5.99. The Morgan fingerprint density at radius 1 is 1.20 bits per heavy atom. The Labute approximate surface area is 145 Å². The van der Waals surface area contributed by atoms with Crippen LogP contribution in [0.5, 0.6) is 0 Å². The fraction of sp³-hybridized carbons (Fsp3) is 0.333. The summed E-state index contributed by atoms with van der Waals surface area (Å²) >= 11 is 0. The lowest BCUT2D eigenvalue weighted by atomic mass is 10.0. The number of nitrogens with one attached hydrogen (secondary N) is 1. The molecule has 2 aliphatic heterocycles. The van der Waals surface area contributed by atoms with Crippen molar-refractivity contribution in [2.24, 2.45) is 5.73 Å². The maximum absolute atomic E-state index is 12.5. The van der Waals surface area contributed by atoms with Crippen molar-refractivity contribution in [2.45, 2.75) is 25.4 Å². The van der Waals surface area contributed by atoms with Crippen molar-refractivity contribution in [3.8, 4) is 11.3 Å². The number of carbonyl (C=O) groups is 2. The van der Waals surface area contributed by atoms with Crippen LogP contribution >= 0.6 is 0 Å². The van der Waals surface area contributed by atoms with E-state index in [0.717, 1.165) is 24.0 Å². The third-order valence-corrected chi connectivity index (χ3v) is 4.79. The molecule has 0 spiro atoms. The van der Waals surface area contributed by atoms with Gasteiger partial charge in [0.15, 0.2) is 0 Å². The third-order valence-electron chi connectivity index (χ3n) is 4.79. The molecule has 25 heavy (non-hydrogen) atoms. The van der Waals surface area contributed by atoms with Crippen molar-refractivity contribution in [3.05, 3.63) is 47.4 Å². The lowest BCUT2D eigenvalue weighted by Gasteiger charge is -2.29. The molecule has 0 unspecified atom stereocenters. The average molecular weight is 337 g/mol. The molecular weight excluding hydrogens is 318 g/mol. The Hall–Kier alpha value is -2.80. The maximum Gasteiger partial charge on any atom is 0.274 e. The standard InChI is InChI=1S/C18H19N5O2/c19-13-3-5-23(6-4-13)18(25)16-10-20-15(9-21-16)11-1-2-12-8-22-17(24)14(12)7-11/h1-2,7,9-10,13H,3-6,8,19H2,(H,22,24). The third kappa shape index (κ3) is 2.98. The smallest absolute Gasteiger partial charge is 0.274 e. The van der Waals surface area contributed by atoms with E-state index in [9.17, 15) is 9.59 Å². The number of aromatic nitrogens is 2. The van der Waals surface area contributed by atoms with E-state index in [0.29, 0.717) is 36.6 Å². The van der Waals surface area contributed by atoms with Crippen LogP contribution in [0, 0.1) is 0 Å². The number of piperidine rings is 1. The van der Waals surface area contributed by atoms with Gasteiger partial charge in [-0.05, 0) is 24.5 Å². The van der Waals surface area contributed by atoms with Crippen LogP contribution < -0.4 is 11.1 Å². The second kappa shape index (κ2) is 6.25. The highest BCUT2D eigenvalue weighted by Crippen LogP contribution is 2.23. The van der Waals surface area contributed by atoms with E-state index >= 15 is 0 Å². The fourth-order valence-corrected chi connectivity index (χ4v) is 3.22. The molecule has 1 aromatic carbocycles. The Bertz CT molecular complexity index is 826. The van der Waals surface area contributed by atoms with Gasteiger partial charge in [0.05, 0.1) is 18.1 Å². The molecule has 2 aromatic rings. The molecule has 0 aliphatic carbocycles. The van der Waals surface area contributed by atoms with Crippen LogP contribution in [0.4, 0.5) is 0 Å². The number of carbonyl (C=O) groups excluding carboxylic acids is 2. The van der Waals surface area contributed by atoms with Gasteiger partial charge in [0.2, 0.25) is 0 Å². The first-order valence-corrected chi connectivity index (χ1v) is 8.40. The molecule has 7 nitrogen and oxygen atoms in total. The van der Waals surface area contributed by atoms with Gasteiger partial charge in [0.1, 0.15) is 5.69 Å². The molecule has 4 rings (SSSR count). The van der Waals surface area contributed by atoms with Crippen LogP contribution in [-0.2, 0) is 6.54 Å². The summed E-state index contributed by atoms with van der Waals surface area (Å²) in [5.41, 5.74) is 9.31. The number of benzene rings is 1. The number of hydrogen-bond donors (Lipinski definition) is 2. The van der Waals surface area contributed by atoms with Crippen molar-refractivity contribution in [1.82, 2.24) is 20.2 Å². The summed E-state index contributed by atoms with van der Waals surface area (Å²) in [6.07, 6.45) is 4.71. The predicted octanol–water partition coefficient (Wildman–Crippen LogP) is 0.950. The van der Waals surface area contributed by atoms with Gasteiger partial charge in [-0.2, -0.15) is 0 Å². The number of rotatable bonds is 2. The van der Waals surface area contributed by atoms with Gasteiger partial charge < -0.3 is 16.0 Å². The molecule has 2 aliphatic rings. The molecule has 128 valence electrons. The summed E-state index contributed by atoms with van der Waals surface area (Å²) in [6, 6.07) is 5.82. The van der Waals surface area contributed by atoms with Gasteiger partial charge in [-0.25, -0.2) is 4.98 Å². The summed E-state index contributed by atoms with van der Waals surface area (Å²) < 4.78 is 0. The number of nitrogens with zero attached hydrogens (tertiary/aromatic N) is 3. The molecule has 3 N–H and O–H groups in total. The lowest BCUT2D eigenvalue weighted by molar-refractivity contribution is 0.0708. The topological polar surface area (TPSA) is 101 Å². The van der Waals surface area contributed by atoms with E-state index < -0.39 is 0 Å². The quantitative estimate of drug-likeness (QED) is 0.850. The monoisotopic (exact) mass is 337 g/mol. The summed E-state index contributed by atoms with van der Waals surface area (Å²) in [4.78, 5) is 34.7. The number of likely N-dealkylation sites (tertiary alicyclic amines) is 1. The van der Waals surface area contributed by atoms with E-state index in [1.54, 1.807) is 11.1 Å². The van der Waals surface area contributed by atoms with E-state index in [2.05, 4.69) is 15.3 Å². The molecule has 1 fully saturated rings.